The molecule has 0 spiro atoms. The number of H-pyrrole nitrogens is 1. The van der Waals surface area contributed by atoms with Gasteiger partial charge in [0, 0.05) is 6.04 Å². The van der Waals surface area contributed by atoms with Crippen LogP contribution in [0, 0.1) is 0 Å². The lowest BCUT2D eigenvalue weighted by Crippen LogP contribution is -2.29. The van der Waals surface area contributed by atoms with Crippen LogP contribution >= 0.6 is 0 Å². The van der Waals surface area contributed by atoms with Gasteiger partial charge in [-0.2, -0.15) is 5.10 Å². The quantitative estimate of drug-likeness (QED) is 0.877. The highest BCUT2D eigenvalue weighted by Gasteiger charge is 2.09. The van der Waals surface area contributed by atoms with E-state index in [1.165, 1.54) is 70.6 Å². The Morgan fingerprint density at radius 1 is 0.947 bits per heavy atom. The summed E-state index contributed by atoms with van der Waals surface area (Å²) < 4.78 is 0. The van der Waals surface area contributed by atoms with Crippen molar-refractivity contribution < 1.29 is 0 Å². The normalized spacial score (nSPS) is 20.6. The molecule has 0 unspecified atom stereocenters. The second-order valence-corrected chi connectivity index (χ2v) is 5.77. The molecule has 4 heteroatoms. The van der Waals surface area contributed by atoms with Gasteiger partial charge < -0.3 is 5.32 Å². The van der Waals surface area contributed by atoms with Gasteiger partial charge in [0.05, 0.1) is 6.54 Å². The smallest absolute Gasteiger partial charge is 0.138 e. The van der Waals surface area contributed by atoms with Crippen LogP contribution in [-0.4, -0.2) is 21.2 Å². The number of aromatic amines is 1. The minimum Gasteiger partial charge on any atom is -0.307 e. The molecule has 0 aromatic carbocycles. The van der Waals surface area contributed by atoms with Crippen LogP contribution in [0.3, 0.4) is 0 Å². The monoisotopic (exact) mass is 264 g/mol. The molecule has 1 saturated carbocycles. The molecule has 0 amide bonds. The summed E-state index contributed by atoms with van der Waals surface area (Å²) in [7, 11) is 0. The topological polar surface area (TPSA) is 53.6 Å². The third-order valence-electron chi connectivity index (χ3n) is 4.13. The minimum atomic E-state index is 0.657. The molecule has 0 atom stereocenters. The molecule has 0 bridgehead atoms. The molecule has 2 N–H and O–H groups in total. The summed E-state index contributed by atoms with van der Waals surface area (Å²) in [6, 6.07) is 0.657. The highest BCUT2D eigenvalue weighted by atomic mass is 15.2. The van der Waals surface area contributed by atoms with Crippen LogP contribution in [0.25, 0.3) is 0 Å². The summed E-state index contributed by atoms with van der Waals surface area (Å²) in [6.45, 7) is 0.824. The Morgan fingerprint density at radius 3 is 2.05 bits per heavy atom. The lowest BCUT2D eigenvalue weighted by Gasteiger charge is -2.18. The first-order valence-corrected chi connectivity index (χ1v) is 8.03. The summed E-state index contributed by atoms with van der Waals surface area (Å²) >= 11 is 0. The third kappa shape index (κ3) is 6.19. The van der Waals surface area contributed by atoms with E-state index in [1.807, 2.05) is 0 Å². The molecule has 4 nitrogen and oxygen atoms in total. The molecule has 2 rings (SSSR count). The number of nitrogens with one attached hydrogen (secondary N) is 2. The Morgan fingerprint density at radius 2 is 1.53 bits per heavy atom. The standard InChI is InChI=1S/C15H28N4/c1-2-4-6-8-10-14(11-9-7-5-3-1)16-12-15-17-13-18-19-15/h13-14,16H,1-12H2,(H,17,18,19). The van der Waals surface area contributed by atoms with Crippen molar-refractivity contribution in [1.82, 2.24) is 20.5 Å². The van der Waals surface area contributed by atoms with Crippen LogP contribution in [-0.2, 0) is 6.54 Å². The third-order valence-corrected chi connectivity index (χ3v) is 4.13. The van der Waals surface area contributed by atoms with Crippen molar-refractivity contribution in [3.8, 4) is 0 Å². The molecular formula is C15H28N4. The van der Waals surface area contributed by atoms with Gasteiger partial charge in [0.15, 0.2) is 0 Å². The van der Waals surface area contributed by atoms with E-state index >= 15 is 0 Å². The number of nitrogens with zero attached hydrogens (tertiary/aromatic N) is 2. The van der Waals surface area contributed by atoms with Gasteiger partial charge in [-0.1, -0.05) is 57.8 Å². The van der Waals surface area contributed by atoms with Crippen LogP contribution in [0.2, 0.25) is 0 Å². The number of hydrogen-bond donors (Lipinski definition) is 2. The molecule has 0 saturated heterocycles. The van der Waals surface area contributed by atoms with E-state index in [-0.39, 0.29) is 0 Å². The Bertz CT molecular complexity index is 298. The maximum Gasteiger partial charge on any atom is 0.138 e. The van der Waals surface area contributed by atoms with Crippen molar-refractivity contribution >= 4 is 0 Å². The predicted octanol–water partition coefficient (Wildman–Crippen LogP) is 3.57. The van der Waals surface area contributed by atoms with Crippen molar-refractivity contribution in [2.45, 2.75) is 83.2 Å². The second-order valence-electron chi connectivity index (χ2n) is 5.77. The molecule has 1 fully saturated rings. The average Bonchev–Trinajstić information content (AvgIpc) is 2.91. The average molecular weight is 264 g/mol. The van der Waals surface area contributed by atoms with Crippen LogP contribution in [0.5, 0.6) is 0 Å². The van der Waals surface area contributed by atoms with Gasteiger partial charge in [-0.05, 0) is 12.8 Å². The number of hydrogen-bond acceptors (Lipinski definition) is 3. The van der Waals surface area contributed by atoms with Crippen molar-refractivity contribution in [2.75, 3.05) is 0 Å². The highest BCUT2D eigenvalue weighted by molar-refractivity contribution is 4.80. The molecule has 108 valence electrons. The van der Waals surface area contributed by atoms with Crippen LogP contribution in [0.15, 0.2) is 6.33 Å². The fraction of sp³-hybridized carbons (Fsp3) is 0.867. The number of rotatable bonds is 3. The molecule has 0 radical (unpaired) electrons. The SMILES string of the molecule is c1n[nH]c(CNC2CCCCCCCCCCC2)n1. The van der Waals surface area contributed by atoms with Crippen molar-refractivity contribution in [3.63, 3.8) is 0 Å². The van der Waals surface area contributed by atoms with Crippen molar-refractivity contribution in [3.05, 3.63) is 12.2 Å². The molecule has 1 aliphatic rings. The first-order valence-electron chi connectivity index (χ1n) is 8.03. The van der Waals surface area contributed by atoms with Crippen molar-refractivity contribution in [2.24, 2.45) is 0 Å². The summed E-state index contributed by atoms with van der Waals surface area (Å²) in [6.07, 6.45) is 16.9. The maximum atomic E-state index is 4.17. The second kappa shape index (κ2) is 9.08. The Kier molecular flexibility index (Phi) is 6.93. The Labute approximate surface area is 116 Å². The highest BCUT2D eigenvalue weighted by Crippen LogP contribution is 2.17. The predicted molar refractivity (Wildman–Crippen MR) is 77.8 cm³/mol. The number of aromatic nitrogens is 3. The zero-order valence-corrected chi connectivity index (χ0v) is 12.0. The van der Waals surface area contributed by atoms with Gasteiger partial charge in [0.1, 0.15) is 12.2 Å². The van der Waals surface area contributed by atoms with E-state index in [2.05, 4.69) is 20.5 Å². The molecule has 1 aromatic heterocycles. The van der Waals surface area contributed by atoms with Crippen LogP contribution in [0.1, 0.15) is 76.5 Å². The molecule has 1 aliphatic carbocycles. The first kappa shape index (κ1) is 14.5. The first-order chi connectivity index (χ1) is 9.45. The minimum absolute atomic E-state index is 0.657. The van der Waals surface area contributed by atoms with Crippen LogP contribution < -0.4 is 5.32 Å². The summed E-state index contributed by atoms with van der Waals surface area (Å²) in [4.78, 5) is 4.17. The molecule has 1 heterocycles. The van der Waals surface area contributed by atoms with E-state index in [0.29, 0.717) is 6.04 Å². The lowest BCUT2D eigenvalue weighted by molar-refractivity contribution is 0.400. The largest absolute Gasteiger partial charge is 0.307 e. The summed E-state index contributed by atoms with van der Waals surface area (Å²) in [5.74, 6) is 0.950. The van der Waals surface area contributed by atoms with Crippen LogP contribution in [0.4, 0.5) is 0 Å². The molecule has 19 heavy (non-hydrogen) atoms. The van der Waals surface area contributed by atoms with Gasteiger partial charge in [0.25, 0.3) is 0 Å². The van der Waals surface area contributed by atoms with Crippen molar-refractivity contribution in [1.29, 1.82) is 0 Å². The van der Waals surface area contributed by atoms with E-state index in [1.54, 1.807) is 6.33 Å². The van der Waals surface area contributed by atoms with Gasteiger partial charge in [-0.3, -0.25) is 5.10 Å². The van der Waals surface area contributed by atoms with E-state index in [9.17, 15) is 0 Å². The fourth-order valence-corrected chi connectivity index (χ4v) is 2.92. The Hall–Kier alpha value is -0.900. The fourth-order valence-electron chi connectivity index (χ4n) is 2.92. The van der Waals surface area contributed by atoms with Gasteiger partial charge >= 0.3 is 0 Å². The van der Waals surface area contributed by atoms with E-state index in [0.717, 1.165) is 12.4 Å². The van der Waals surface area contributed by atoms with E-state index in [4.69, 9.17) is 0 Å². The zero-order chi connectivity index (χ0) is 13.2. The molecular weight excluding hydrogens is 236 g/mol. The van der Waals surface area contributed by atoms with Gasteiger partial charge in [0.2, 0.25) is 0 Å². The van der Waals surface area contributed by atoms with E-state index < -0.39 is 0 Å². The lowest BCUT2D eigenvalue weighted by atomic mass is 9.98. The molecule has 1 aromatic rings. The summed E-state index contributed by atoms with van der Waals surface area (Å²) in [5, 5.41) is 10.5. The van der Waals surface area contributed by atoms with Gasteiger partial charge in [-0.25, -0.2) is 4.98 Å². The molecule has 0 aliphatic heterocycles. The summed E-state index contributed by atoms with van der Waals surface area (Å²) in [5.41, 5.74) is 0. The zero-order valence-electron chi connectivity index (χ0n) is 12.0. The Balaban J connectivity index is 1.71. The van der Waals surface area contributed by atoms with Gasteiger partial charge in [-0.15, -0.1) is 0 Å². The maximum absolute atomic E-state index is 4.17.